The van der Waals surface area contributed by atoms with E-state index in [4.69, 9.17) is 14.2 Å². The van der Waals surface area contributed by atoms with Crippen molar-refractivity contribution in [2.24, 2.45) is 7.05 Å². The zero-order valence-electron chi connectivity index (χ0n) is 13.9. The fourth-order valence-electron chi connectivity index (χ4n) is 2.76. The van der Waals surface area contributed by atoms with Crippen molar-refractivity contribution in [1.29, 1.82) is 0 Å². The number of fused-ring (bicyclic) bond motifs is 1. The Kier molecular flexibility index (Phi) is 4.42. The van der Waals surface area contributed by atoms with E-state index in [-0.39, 0.29) is 12.4 Å². The first kappa shape index (κ1) is 15.9. The summed E-state index contributed by atoms with van der Waals surface area (Å²) in [6.45, 7) is -0.0719. The van der Waals surface area contributed by atoms with Crippen LogP contribution in [0.3, 0.4) is 0 Å². The zero-order chi connectivity index (χ0) is 17.1. The van der Waals surface area contributed by atoms with Crippen LogP contribution in [0.5, 0.6) is 17.2 Å². The summed E-state index contributed by atoms with van der Waals surface area (Å²) in [5.74, 6) is 1.43. The summed E-state index contributed by atoms with van der Waals surface area (Å²) < 4.78 is 18.2. The molecule has 0 unspecified atom stereocenters. The first-order valence-corrected chi connectivity index (χ1v) is 7.56. The van der Waals surface area contributed by atoms with Crippen LogP contribution in [0.25, 0.3) is 10.9 Å². The number of ketones is 1. The maximum atomic E-state index is 12.6. The van der Waals surface area contributed by atoms with E-state index >= 15 is 0 Å². The molecular weight excluding hydrogens is 306 g/mol. The van der Waals surface area contributed by atoms with E-state index in [2.05, 4.69) is 0 Å². The van der Waals surface area contributed by atoms with Crippen molar-refractivity contribution < 1.29 is 19.0 Å². The highest BCUT2D eigenvalue weighted by atomic mass is 16.5. The molecule has 0 radical (unpaired) electrons. The Morgan fingerprint density at radius 2 is 1.75 bits per heavy atom. The summed E-state index contributed by atoms with van der Waals surface area (Å²) in [7, 11) is 5.02. The number of aryl methyl sites for hydroxylation is 1. The van der Waals surface area contributed by atoms with E-state index in [1.54, 1.807) is 25.3 Å². The molecular formula is C19H19NO4. The van der Waals surface area contributed by atoms with Crippen LogP contribution >= 0.6 is 0 Å². The Hall–Kier alpha value is -2.95. The molecule has 2 aromatic carbocycles. The number of aromatic nitrogens is 1. The minimum atomic E-state index is -0.0864. The Bertz CT molecular complexity index is 882. The van der Waals surface area contributed by atoms with Gasteiger partial charge in [0.15, 0.2) is 18.1 Å². The smallest absolute Gasteiger partial charge is 0.203 e. The first-order valence-electron chi connectivity index (χ1n) is 7.56. The number of Topliss-reactive ketones (excluding diaryl/α,β-unsaturated/α-hetero) is 1. The lowest BCUT2D eigenvalue weighted by molar-refractivity contribution is 0.0920. The Morgan fingerprint density at radius 3 is 2.50 bits per heavy atom. The monoisotopic (exact) mass is 325 g/mol. The van der Waals surface area contributed by atoms with Crippen LogP contribution < -0.4 is 14.2 Å². The third-order valence-electron chi connectivity index (χ3n) is 3.92. The molecule has 5 heteroatoms. The number of rotatable bonds is 6. The van der Waals surface area contributed by atoms with Gasteiger partial charge < -0.3 is 18.8 Å². The molecule has 1 heterocycles. The maximum absolute atomic E-state index is 12.6. The molecule has 0 spiro atoms. The number of para-hydroxylation sites is 2. The molecule has 0 aliphatic rings. The third-order valence-corrected chi connectivity index (χ3v) is 3.92. The predicted molar refractivity (Wildman–Crippen MR) is 92.3 cm³/mol. The van der Waals surface area contributed by atoms with Crippen LogP contribution in [0.2, 0.25) is 0 Å². The van der Waals surface area contributed by atoms with Crippen molar-refractivity contribution in [3.05, 3.63) is 54.2 Å². The SMILES string of the molecule is COc1cccc(OCC(=O)c2cn(C)c3ccccc23)c1OC. The predicted octanol–water partition coefficient (Wildman–Crippen LogP) is 3.46. The van der Waals surface area contributed by atoms with Gasteiger partial charge in [0, 0.05) is 29.7 Å². The van der Waals surface area contributed by atoms with E-state index in [9.17, 15) is 4.79 Å². The summed E-state index contributed by atoms with van der Waals surface area (Å²) in [6, 6.07) is 13.1. The standard InChI is InChI=1S/C19H19NO4/c1-20-11-14(13-7-4-5-8-15(13)20)16(21)12-24-18-10-6-9-17(22-2)19(18)23-3/h4-11H,12H2,1-3H3. The lowest BCUT2D eigenvalue weighted by Gasteiger charge is -2.12. The second kappa shape index (κ2) is 6.66. The highest BCUT2D eigenvalue weighted by Crippen LogP contribution is 2.36. The number of hydrogen-bond donors (Lipinski definition) is 0. The molecule has 0 fully saturated rings. The average Bonchev–Trinajstić information content (AvgIpc) is 2.96. The molecule has 0 saturated carbocycles. The van der Waals surface area contributed by atoms with Crippen molar-refractivity contribution in [3.8, 4) is 17.2 Å². The van der Waals surface area contributed by atoms with E-state index in [1.807, 2.05) is 42.1 Å². The average molecular weight is 325 g/mol. The number of nitrogens with zero attached hydrogens (tertiary/aromatic N) is 1. The minimum absolute atomic E-state index is 0.0719. The summed E-state index contributed by atoms with van der Waals surface area (Å²) >= 11 is 0. The lowest BCUT2D eigenvalue weighted by Crippen LogP contribution is -2.12. The third kappa shape index (κ3) is 2.80. The van der Waals surface area contributed by atoms with Gasteiger partial charge in [-0.05, 0) is 18.2 Å². The van der Waals surface area contributed by atoms with Gasteiger partial charge in [-0.3, -0.25) is 4.79 Å². The molecule has 5 nitrogen and oxygen atoms in total. The van der Waals surface area contributed by atoms with Crippen molar-refractivity contribution >= 4 is 16.7 Å². The van der Waals surface area contributed by atoms with E-state index in [0.717, 1.165) is 10.9 Å². The fraction of sp³-hybridized carbons (Fsp3) is 0.211. The summed E-state index contributed by atoms with van der Waals surface area (Å²) in [5.41, 5.74) is 1.66. The summed E-state index contributed by atoms with van der Waals surface area (Å²) in [6.07, 6.45) is 1.83. The zero-order valence-corrected chi connectivity index (χ0v) is 13.9. The van der Waals surface area contributed by atoms with Crippen molar-refractivity contribution in [2.45, 2.75) is 0 Å². The molecule has 1 aromatic heterocycles. The van der Waals surface area contributed by atoms with Gasteiger partial charge in [-0.25, -0.2) is 0 Å². The molecule has 0 atom stereocenters. The number of methoxy groups -OCH3 is 2. The quantitative estimate of drug-likeness (QED) is 0.651. The minimum Gasteiger partial charge on any atom is -0.493 e. The molecule has 124 valence electrons. The van der Waals surface area contributed by atoms with Gasteiger partial charge in [-0.15, -0.1) is 0 Å². The normalized spacial score (nSPS) is 10.6. The van der Waals surface area contributed by atoms with Crippen LogP contribution in [0.1, 0.15) is 10.4 Å². The molecule has 24 heavy (non-hydrogen) atoms. The number of benzene rings is 2. The van der Waals surface area contributed by atoms with Gasteiger partial charge in [0.1, 0.15) is 0 Å². The molecule has 3 aromatic rings. The fourth-order valence-corrected chi connectivity index (χ4v) is 2.76. The van der Waals surface area contributed by atoms with Crippen LogP contribution in [-0.2, 0) is 7.05 Å². The van der Waals surface area contributed by atoms with Crippen molar-refractivity contribution in [2.75, 3.05) is 20.8 Å². The van der Waals surface area contributed by atoms with Crippen LogP contribution in [-0.4, -0.2) is 31.2 Å². The number of carbonyl (C=O) groups excluding carboxylic acids is 1. The van der Waals surface area contributed by atoms with E-state index in [0.29, 0.717) is 22.8 Å². The second-order valence-corrected chi connectivity index (χ2v) is 5.37. The van der Waals surface area contributed by atoms with Gasteiger partial charge in [0.2, 0.25) is 11.5 Å². The van der Waals surface area contributed by atoms with Crippen LogP contribution in [0, 0.1) is 0 Å². The van der Waals surface area contributed by atoms with E-state index in [1.165, 1.54) is 7.11 Å². The summed E-state index contributed by atoms with van der Waals surface area (Å²) in [5, 5.41) is 0.922. The van der Waals surface area contributed by atoms with Crippen LogP contribution in [0.4, 0.5) is 0 Å². The highest BCUT2D eigenvalue weighted by molar-refractivity contribution is 6.08. The highest BCUT2D eigenvalue weighted by Gasteiger charge is 2.16. The van der Waals surface area contributed by atoms with E-state index < -0.39 is 0 Å². The van der Waals surface area contributed by atoms with Gasteiger partial charge >= 0.3 is 0 Å². The van der Waals surface area contributed by atoms with Gasteiger partial charge in [-0.1, -0.05) is 24.3 Å². The molecule has 3 rings (SSSR count). The first-order chi connectivity index (χ1) is 11.7. The largest absolute Gasteiger partial charge is 0.493 e. The Morgan fingerprint density at radius 1 is 1.00 bits per heavy atom. The maximum Gasteiger partial charge on any atom is 0.203 e. The topological polar surface area (TPSA) is 49.7 Å². The molecule has 0 aliphatic carbocycles. The summed E-state index contributed by atoms with van der Waals surface area (Å²) in [4.78, 5) is 12.6. The second-order valence-electron chi connectivity index (χ2n) is 5.37. The number of ether oxygens (including phenoxy) is 3. The number of hydrogen-bond acceptors (Lipinski definition) is 4. The lowest BCUT2D eigenvalue weighted by atomic mass is 10.1. The van der Waals surface area contributed by atoms with Crippen LogP contribution in [0.15, 0.2) is 48.7 Å². The molecule has 0 bridgehead atoms. The van der Waals surface area contributed by atoms with Crippen molar-refractivity contribution in [1.82, 2.24) is 4.57 Å². The molecule has 0 saturated heterocycles. The van der Waals surface area contributed by atoms with Crippen molar-refractivity contribution in [3.63, 3.8) is 0 Å². The van der Waals surface area contributed by atoms with Gasteiger partial charge in [-0.2, -0.15) is 0 Å². The molecule has 0 amide bonds. The Balaban J connectivity index is 1.83. The molecule has 0 aliphatic heterocycles. The Labute approximate surface area is 140 Å². The van der Waals surface area contributed by atoms with Gasteiger partial charge in [0.25, 0.3) is 0 Å². The number of carbonyl (C=O) groups is 1. The van der Waals surface area contributed by atoms with Gasteiger partial charge in [0.05, 0.1) is 14.2 Å². The molecule has 0 N–H and O–H groups in total.